The Kier molecular flexibility index (Phi) is 5.39. The van der Waals surface area contributed by atoms with Crippen LogP contribution in [0.1, 0.15) is 65.0 Å². The van der Waals surface area contributed by atoms with Crippen LogP contribution in [-0.2, 0) is 0 Å². The number of nitriles is 3. The van der Waals surface area contributed by atoms with E-state index >= 15 is 0 Å². The summed E-state index contributed by atoms with van der Waals surface area (Å²) in [5.74, 6) is 0.755. The summed E-state index contributed by atoms with van der Waals surface area (Å²) in [6.07, 6.45) is 11.4. The first-order chi connectivity index (χ1) is 23.2. The first-order valence-electron chi connectivity index (χ1n) is 16.6. The first kappa shape index (κ1) is 26.4. The summed E-state index contributed by atoms with van der Waals surface area (Å²) in [6.45, 7) is 0.193. The predicted octanol–water partition coefficient (Wildman–Crippen LogP) is 8.65. The number of hydrogen-bond acceptors (Lipinski definition) is 3. The summed E-state index contributed by atoms with van der Waals surface area (Å²) in [4.78, 5) is 0. The van der Waals surface area contributed by atoms with Gasteiger partial charge < -0.3 is 4.57 Å². The zero-order valence-electron chi connectivity index (χ0n) is 25.7. The second-order valence-corrected chi connectivity index (χ2v) is 13.5. The van der Waals surface area contributed by atoms with Crippen molar-refractivity contribution in [2.75, 3.05) is 0 Å². The maximum Gasteiger partial charge on any atom is 0.221 e. The lowest BCUT2D eigenvalue weighted by atomic mass is 9.27. The molecule has 1 saturated heterocycles. The third-order valence-corrected chi connectivity index (χ3v) is 11.5. The fourth-order valence-electron chi connectivity index (χ4n) is 9.89. The molecule has 2 aliphatic heterocycles. The van der Waals surface area contributed by atoms with Crippen molar-refractivity contribution in [1.29, 1.82) is 15.8 Å². The molecule has 0 N–H and O–H groups in total. The maximum atomic E-state index is 10.3. The van der Waals surface area contributed by atoms with Crippen LogP contribution in [0.5, 0.6) is 0 Å². The van der Waals surface area contributed by atoms with Gasteiger partial charge in [-0.05, 0) is 95.0 Å². The average Bonchev–Trinajstić information content (AvgIpc) is 3.63. The first-order valence-corrected chi connectivity index (χ1v) is 16.6. The zero-order chi connectivity index (χ0) is 31.4. The fraction of sp³-hybridized carbons (Fsp3) is 0.167. The summed E-state index contributed by atoms with van der Waals surface area (Å²) >= 11 is 0. The third-order valence-electron chi connectivity index (χ3n) is 11.5. The second kappa shape index (κ2) is 9.59. The Morgan fingerprint density at radius 1 is 0.809 bits per heavy atom. The fourth-order valence-corrected chi connectivity index (χ4v) is 9.89. The summed E-state index contributed by atoms with van der Waals surface area (Å²) < 4.78 is 2.49. The van der Waals surface area contributed by atoms with E-state index in [0.29, 0.717) is 28.2 Å². The van der Waals surface area contributed by atoms with Crippen molar-refractivity contribution in [3.63, 3.8) is 0 Å². The van der Waals surface area contributed by atoms with Gasteiger partial charge in [-0.15, -0.1) is 0 Å². The minimum Gasteiger partial charge on any atom is -0.314 e. The van der Waals surface area contributed by atoms with Gasteiger partial charge in [-0.1, -0.05) is 78.3 Å². The van der Waals surface area contributed by atoms with Gasteiger partial charge in [0, 0.05) is 33.5 Å². The van der Waals surface area contributed by atoms with E-state index in [1.54, 1.807) is 23.3 Å². The molecule has 0 amide bonds. The molecule has 0 saturated carbocycles. The summed E-state index contributed by atoms with van der Waals surface area (Å²) in [5.41, 5.74) is 15.2. The molecular weight excluding hydrogens is 571 g/mol. The van der Waals surface area contributed by atoms with Crippen LogP contribution in [-0.4, -0.2) is 11.3 Å². The van der Waals surface area contributed by atoms with E-state index in [-0.39, 0.29) is 18.4 Å². The molecule has 5 heteroatoms. The number of allylic oxidation sites excluding steroid dienone is 8. The molecule has 10 rings (SSSR count). The Hall–Kier alpha value is -5.83. The number of fused-ring (bicyclic) bond motifs is 9. The Morgan fingerprint density at radius 2 is 1.60 bits per heavy atom. The molecule has 5 aliphatic rings. The van der Waals surface area contributed by atoms with Gasteiger partial charge >= 0.3 is 0 Å². The predicted molar refractivity (Wildman–Crippen MR) is 188 cm³/mol. The minimum absolute atomic E-state index is 0.189. The highest BCUT2D eigenvalue weighted by Crippen LogP contribution is 2.59. The SMILES string of the molecule is N#Cc1cc(C#N)c(C2=CC3CCC4C5=C(CCC=C5B5c6cccc7c8ccccc8n(c67)C(=C2)C53)c2ccccc24)c(C#N)c1. The molecule has 3 atom stereocenters. The number of benzene rings is 4. The lowest BCUT2D eigenvalue weighted by molar-refractivity contribution is 0.527. The Morgan fingerprint density at radius 3 is 2.43 bits per heavy atom. The molecular formula is C42H27BN4. The van der Waals surface area contributed by atoms with Gasteiger partial charge in [-0.3, -0.25) is 0 Å². The van der Waals surface area contributed by atoms with Crippen molar-refractivity contribution in [3.05, 3.63) is 142 Å². The van der Waals surface area contributed by atoms with Crippen molar-refractivity contribution < 1.29 is 0 Å². The topological polar surface area (TPSA) is 76.3 Å². The summed E-state index contributed by atoms with van der Waals surface area (Å²) in [5, 5.41) is 32.8. The third kappa shape index (κ3) is 3.40. The van der Waals surface area contributed by atoms with Crippen molar-refractivity contribution in [2.45, 2.75) is 37.4 Å². The van der Waals surface area contributed by atoms with Gasteiger partial charge in [0.1, 0.15) is 0 Å². The Balaban J connectivity index is 1.31. The van der Waals surface area contributed by atoms with E-state index in [0.717, 1.165) is 31.3 Å². The van der Waals surface area contributed by atoms with Gasteiger partial charge in [-0.25, -0.2) is 0 Å². The number of para-hydroxylation sites is 2. The van der Waals surface area contributed by atoms with Crippen LogP contribution in [0.4, 0.5) is 0 Å². The quantitative estimate of drug-likeness (QED) is 0.181. The van der Waals surface area contributed by atoms with Crippen LogP contribution in [0.25, 0.3) is 38.6 Å². The average molecular weight is 599 g/mol. The summed E-state index contributed by atoms with van der Waals surface area (Å²) in [7, 11) is 0. The van der Waals surface area contributed by atoms with E-state index < -0.39 is 0 Å². The second-order valence-electron chi connectivity index (χ2n) is 13.5. The molecule has 0 bridgehead atoms. The van der Waals surface area contributed by atoms with E-state index in [1.807, 2.05) is 0 Å². The van der Waals surface area contributed by atoms with E-state index in [9.17, 15) is 15.8 Å². The molecule has 5 aromatic rings. The van der Waals surface area contributed by atoms with Crippen molar-refractivity contribution in [3.8, 4) is 18.2 Å². The molecule has 0 spiro atoms. The Labute approximate surface area is 273 Å². The number of hydrogen-bond donors (Lipinski definition) is 0. The molecule has 47 heavy (non-hydrogen) atoms. The van der Waals surface area contributed by atoms with Crippen LogP contribution < -0.4 is 5.46 Å². The lowest BCUT2D eigenvalue weighted by Crippen LogP contribution is -2.48. The monoisotopic (exact) mass is 598 g/mol. The van der Waals surface area contributed by atoms with Crippen molar-refractivity contribution in [1.82, 2.24) is 4.57 Å². The largest absolute Gasteiger partial charge is 0.314 e. The molecule has 4 nitrogen and oxygen atoms in total. The van der Waals surface area contributed by atoms with Crippen LogP contribution in [0.3, 0.4) is 0 Å². The van der Waals surface area contributed by atoms with Gasteiger partial charge in [-0.2, -0.15) is 15.8 Å². The molecule has 3 heterocycles. The van der Waals surface area contributed by atoms with Crippen LogP contribution in [0.15, 0.2) is 108 Å². The van der Waals surface area contributed by atoms with Gasteiger partial charge in [0.15, 0.2) is 0 Å². The van der Waals surface area contributed by atoms with Gasteiger partial charge in [0.05, 0.1) is 40.4 Å². The molecule has 1 fully saturated rings. The standard InChI is InChI=1S/C42H27BN4/c44-21-24-17-27(22-45)39(28(18-24)23-46)26-19-25-15-16-33-30-8-2-1-7-29(30)32-10-5-12-35(40(32)33)43-36-13-6-11-34-31-9-3-4-14-37(31)47(42(34)36)38(20-26)41(25)43/h1-4,6-9,11-14,17-20,25,33,41H,5,10,15-16H2. The highest BCUT2D eigenvalue weighted by atomic mass is 15.0. The zero-order valence-corrected chi connectivity index (χ0v) is 25.7. The normalized spacial score (nSPS) is 21.7. The van der Waals surface area contributed by atoms with E-state index in [4.69, 9.17) is 0 Å². The highest BCUT2D eigenvalue weighted by molar-refractivity contribution is 6.86. The molecule has 218 valence electrons. The van der Waals surface area contributed by atoms with Crippen molar-refractivity contribution >= 4 is 50.8 Å². The van der Waals surface area contributed by atoms with Crippen molar-refractivity contribution in [2.24, 2.45) is 5.92 Å². The van der Waals surface area contributed by atoms with E-state index in [1.165, 1.54) is 49.6 Å². The minimum atomic E-state index is 0.189. The maximum absolute atomic E-state index is 10.3. The number of aromatic nitrogens is 1. The molecule has 0 radical (unpaired) electrons. The molecule has 4 aromatic carbocycles. The lowest BCUT2D eigenvalue weighted by Gasteiger charge is -2.44. The highest BCUT2D eigenvalue weighted by Gasteiger charge is 2.50. The van der Waals surface area contributed by atoms with E-state index in [2.05, 4.69) is 108 Å². The van der Waals surface area contributed by atoms with Gasteiger partial charge in [0.2, 0.25) is 6.71 Å². The number of rotatable bonds is 1. The smallest absolute Gasteiger partial charge is 0.221 e. The summed E-state index contributed by atoms with van der Waals surface area (Å²) in [6, 6.07) is 34.7. The Bertz CT molecular complexity index is 2500. The van der Waals surface area contributed by atoms with Crippen LogP contribution in [0.2, 0.25) is 5.82 Å². The van der Waals surface area contributed by atoms with Gasteiger partial charge in [0.25, 0.3) is 0 Å². The van der Waals surface area contributed by atoms with Crippen LogP contribution >= 0.6 is 0 Å². The molecule has 3 aliphatic carbocycles. The molecule has 3 unspecified atom stereocenters. The molecule has 1 aromatic heterocycles. The van der Waals surface area contributed by atoms with Crippen LogP contribution in [0, 0.1) is 39.9 Å². The number of nitrogens with zero attached hydrogens (tertiary/aromatic N) is 4.